The number of hydrogen-bond donors (Lipinski definition) is 3. The molecule has 0 bridgehead atoms. The topological polar surface area (TPSA) is 174 Å². The van der Waals surface area contributed by atoms with Crippen LogP contribution < -0.4 is 0 Å². The highest BCUT2D eigenvalue weighted by Gasteiger charge is 2.53. The number of pyridine rings is 1. The van der Waals surface area contributed by atoms with E-state index in [0.717, 1.165) is 19.4 Å². The second-order valence-electron chi connectivity index (χ2n) is 16.5. The summed E-state index contributed by atoms with van der Waals surface area (Å²) in [5.74, 6) is -4.73. The molecule has 2 aliphatic heterocycles. The van der Waals surface area contributed by atoms with Gasteiger partial charge < -0.3 is 43.9 Å². The van der Waals surface area contributed by atoms with E-state index in [1.165, 1.54) is 14.0 Å². The van der Waals surface area contributed by atoms with Crippen LogP contribution in [0.3, 0.4) is 0 Å². The van der Waals surface area contributed by atoms with Gasteiger partial charge in [0.1, 0.15) is 29.7 Å². The molecular weight excluding hydrogens is 684 g/mol. The van der Waals surface area contributed by atoms with Gasteiger partial charge in [0.15, 0.2) is 6.29 Å². The Morgan fingerprint density at radius 3 is 2.28 bits per heavy atom. The van der Waals surface area contributed by atoms with Crippen LogP contribution in [0.4, 0.5) is 0 Å². The Hall–Kier alpha value is -2.52. The summed E-state index contributed by atoms with van der Waals surface area (Å²) in [6, 6.07) is 3.14. The van der Waals surface area contributed by atoms with Crippen molar-refractivity contribution in [2.24, 2.45) is 29.6 Å². The third-order valence-electron chi connectivity index (χ3n) is 12.0. The Balaban J connectivity index is 1.80. The molecule has 0 aromatic carbocycles. The van der Waals surface area contributed by atoms with Crippen LogP contribution >= 0.6 is 0 Å². The quantitative estimate of drug-likeness (QED) is 0.297. The van der Waals surface area contributed by atoms with E-state index in [-0.39, 0.29) is 37.2 Å². The lowest BCUT2D eigenvalue weighted by molar-refractivity contribution is -0.302. The zero-order valence-electron chi connectivity index (χ0n) is 33.3. The SMILES string of the molecule is CC[C@H]1OC(=O)[C@H](C)[C@@H](OC(=O)Cc2ccncc2)[C@H](C)[C@@H](O[C@@H]2O[C@H](C)C[C@H](N(C)CC3CC3)[C@H]2O)[C@](C)(OC)C[C@@H](C)C(=O)[C@H](C)[C@@H](O)[C@]1(C)O. The molecule has 1 saturated carbocycles. The zero-order valence-corrected chi connectivity index (χ0v) is 33.3. The number of aliphatic hydroxyl groups excluding tert-OH is 2. The molecule has 3 fully saturated rings. The summed E-state index contributed by atoms with van der Waals surface area (Å²) in [6.07, 6.45) is -1.16. The first-order valence-electron chi connectivity index (χ1n) is 19.3. The highest BCUT2D eigenvalue weighted by molar-refractivity contribution is 5.83. The van der Waals surface area contributed by atoms with E-state index in [2.05, 4.69) is 9.88 Å². The number of aliphatic hydroxyl groups is 3. The van der Waals surface area contributed by atoms with Crippen molar-refractivity contribution in [3.8, 4) is 0 Å². The minimum Gasteiger partial charge on any atom is -0.461 e. The maximum Gasteiger partial charge on any atom is 0.312 e. The molecule has 1 aliphatic carbocycles. The number of nitrogens with zero attached hydrogens (tertiary/aromatic N) is 2. The number of carbonyl (C=O) groups is 3. The number of aromatic nitrogens is 1. The summed E-state index contributed by atoms with van der Waals surface area (Å²) in [6.45, 7) is 14.3. The van der Waals surface area contributed by atoms with E-state index < -0.39 is 83.6 Å². The molecule has 2 saturated heterocycles. The smallest absolute Gasteiger partial charge is 0.312 e. The lowest BCUT2D eigenvalue weighted by Crippen LogP contribution is -2.61. The van der Waals surface area contributed by atoms with Gasteiger partial charge in [-0.05, 0) is 90.5 Å². The van der Waals surface area contributed by atoms with E-state index >= 15 is 0 Å². The maximum atomic E-state index is 14.1. The van der Waals surface area contributed by atoms with E-state index in [4.69, 9.17) is 23.7 Å². The van der Waals surface area contributed by atoms with Crippen LogP contribution in [0.5, 0.6) is 0 Å². The van der Waals surface area contributed by atoms with Crippen LogP contribution in [0.1, 0.15) is 93.1 Å². The number of Topliss-reactive ketones (excluding diaryl/α,β-unsaturated/α-hetero) is 1. The van der Waals surface area contributed by atoms with Crippen molar-refractivity contribution in [2.75, 3.05) is 20.7 Å². The van der Waals surface area contributed by atoms with Crippen molar-refractivity contribution >= 4 is 17.7 Å². The molecule has 13 nitrogen and oxygen atoms in total. The Labute approximate surface area is 315 Å². The average Bonchev–Trinajstić information content (AvgIpc) is 3.94. The minimum absolute atomic E-state index is 0.0909. The molecule has 13 heteroatoms. The lowest BCUT2D eigenvalue weighted by atomic mass is 9.74. The fraction of sp³-hybridized carbons (Fsp3) is 0.800. The van der Waals surface area contributed by atoms with Gasteiger partial charge in [0.25, 0.3) is 0 Å². The first-order valence-corrected chi connectivity index (χ1v) is 19.3. The monoisotopic (exact) mass is 748 g/mol. The maximum absolute atomic E-state index is 14.1. The number of ketones is 1. The third kappa shape index (κ3) is 10.2. The molecule has 0 amide bonds. The van der Waals surface area contributed by atoms with Crippen LogP contribution in [-0.2, 0) is 44.5 Å². The molecule has 1 aromatic heterocycles. The van der Waals surface area contributed by atoms with Crippen molar-refractivity contribution in [1.29, 1.82) is 0 Å². The number of likely N-dealkylation sites (N-methyl/N-ethyl adjacent to an activating group) is 1. The molecule has 3 aliphatic rings. The summed E-state index contributed by atoms with van der Waals surface area (Å²) in [4.78, 5) is 47.8. The van der Waals surface area contributed by atoms with E-state index in [0.29, 0.717) is 17.9 Å². The fourth-order valence-corrected chi connectivity index (χ4v) is 8.41. The molecule has 1 aromatic rings. The molecule has 0 radical (unpaired) electrons. The number of cyclic esters (lactones) is 1. The second-order valence-corrected chi connectivity index (χ2v) is 16.5. The Kier molecular flexibility index (Phi) is 14.6. The average molecular weight is 749 g/mol. The zero-order chi connectivity index (χ0) is 39.4. The highest BCUT2D eigenvalue weighted by atomic mass is 16.7. The number of ether oxygens (including phenoxy) is 5. The summed E-state index contributed by atoms with van der Waals surface area (Å²) in [5.41, 5.74) is -2.60. The van der Waals surface area contributed by atoms with Crippen molar-refractivity contribution in [3.05, 3.63) is 30.1 Å². The van der Waals surface area contributed by atoms with Crippen molar-refractivity contribution in [1.82, 2.24) is 9.88 Å². The normalized spacial score (nSPS) is 40.7. The van der Waals surface area contributed by atoms with Gasteiger partial charge in [-0.25, -0.2) is 0 Å². The van der Waals surface area contributed by atoms with E-state index in [1.807, 2.05) is 14.0 Å². The van der Waals surface area contributed by atoms with E-state index in [9.17, 15) is 29.7 Å². The van der Waals surface area contributed by atoms with Gasteiger partial charge >= 0.3 is 11.9 Å². The van der Waals surface area contributed by atoms with Crippen molar-refractivity contribution in [3.63, 3.8) is 0 Å². The van der Waals surface area contributed by atoms with Gasteiger partial charge in [0.05, 0.1) is 36.3 Å². The predicted octanol–water partition coefficient (Wildman–Crippen LogP) is 3.48. The number of methoxy groups -OCH3 is 1. The highest BCUT2D eigenvalue weighted by Crippen LogP contribution is 2.40. The van der Waals surface area contributed by atoms with Crippen LogP contribution in [0, 0.1) is 29.6 Å². The largest absolute Gasteiger partial charge is 0.461 e. The van der Waals surface area contributed by atoms with Gasteiger partial charge in [0.2, 0.25) is 0 Å². The fourth-order valence-electron chi connectivity index (χ4n) is 8.41. The predicted molar refractivity (Wildman–Crippen MR) is 195 cm³/mol. The number of rotatable bonds is 10. The Morgan fingerprint density at radius 2 is 1.70 bits per heavy atom. The number of esters is 2. The standard InChI is InChI=1S/C40H64N2O11/c1-11-30-40(8,48)35(46)24(4)32(44)22(2)20-39(7,49-10)36(53-38-33(45)29(18-23(3)50-38)42(9)21-28-12-13-28)25(5)34(26(6)37(47)51-30)52-31(43)19-27-14-16-41-17-15-27/h14-17,22-26,28-30,33-36,38,45-46,48H,11-13,18-21H2,1-10H3/t22-,23-,24+,25+,26-,29+,30-,33-,34+,35-,36-,38+,39-,40-/m1/s1. The van der Waals surface area contributed by atoms with Crippen LogP contribution in [-0.4, -0.2) is 124 Å². The van der Waals surface area contributed by atoms with Gasteiger partial charge in [-0.1, -0.05) is 27.7 Å². The molecule has 4 rings (SSSR count). The van der Waals surface area contributed by atoms with E-state index in [1.54, 1.807) is 66.1 Å². The Morgan fingerprint density at radius 1 is 1.06 bits per heavy atom. The van der Waals surface area contributed by atoms with Crippen LogP contribution in [0.2, 0.25) is 0 Å². The molecule has 0 spiro atoms. The molecule has 3 N–H and O–H groups in total. The first-order chi connectivity index (χ1) is 24.8. The summed E-state index contributed by atoms with van der Waals surface area (Å²) in [7, 11) is 3.49. The Bertz CT molecular complexity index is 1380. The molecule has 53 heavy (non-hydrogen) atoms. The summed E-state index contributed by atoms with van der Waals surface area (Å²) < 4.78 is 31.4. The molecule has 3 heterocycles. The summed E-state index contributed by atoms with van der Waals surface area (Å²) >= 11 is 0. The van der Waals surface area contributed by atoms with Crippen molar-refractivity contribution in [2.45, 2.75) is 154 Å². The van der Waals surface area contributed by atoms with Crippen LogP contribution in [0.25, 0.3) is 0 Å². The third-order valence-corrected chi connectivity index (χ3v) is 12.0. The number of carbonyl (C=O) groups excluding carboxylic acids is 3. The molecular formula is C40H64N2O11. The van der Waals surface area contributed by atoms with Crippen LogP contribution in [0.15, 0.2) is 24.5 Å². The molecule has 14 atom stereocenters. The van der Waals surface area contributed by atoms with Gasteiger partial charge in [0, 0.05) is 49.8 Å². The van der Waals surface area contributed by atoms with Gasteiger partial charge in [-0.3, -0.25) is 19.4 Å². The van der Waals surface area contributed by atoms with Gasteiger partial charge in [-0.2, -0.15) is 0 Å². The number of hydrogen-bond acceptors (Lipinski definition) is 13. The first kappa shape index (κ1) is 43.2. The molecule has 300 valence electrons. The summed E-state index contributed by atoms with van der Waals surface area (Å²) in [5, 5.41) is 34.8. The van der Waals surface area contributed by atoms with Gasteiger partial charge in [-0.15, -0.1) is 0 Å². The second kappa shape index (κ2) is 18.0. The minimum atomic E-state index is -1.98. The van der Waals surface area contributed by atoms with Crippen molar-refractivity contribution < 1.29 is 53.4 Å². The molecule has 0 unspecified atom stereocenters. The lowest BCUT2D eigenvalue weighted by Gasteiger charge is -2.48.